The lowest BCUT2D eigenvalue weighted by molar-refractivity contribution is 1.07. The Bertz CT molecular complexity index is 2830. The minimum Gasteiger partial charge on any atom is -0.228 e. The molecule has 2 aromatic heterocycles. The summed E-state index contributed by atoms with van der Waals surface area (Å²) < 4.78 is 0. The van der Waals surface area contributed by atoms with E-state index in [9.17, 15) is 5.26 Å². The van der Waals surface area contributed by atoms with E-state index in [1.165, 1.54) is 0 Å². The van der Waals surface area contributed by atoms with Gasteiger partial charge in [0.25, 0.3) is 0 Å². The molecule has 0 aliphatic carbocycles. The summed E-state index contributed by atoms with van der Waals surface area (Å²) in [5.74, 6) is 2.33. The van der Waals surface area contributed by atoms with E-state index in [4.69, 9.17) is 24.9 Å². The van der Waals surface area contributed by atoms with Gasteiger partial charge < -0.3 is 0 Å². The Labute approximate surface area is 325 Å². The van der Waals surface area contributed by atoms with Crippen LogP contribution in [-0.4, -0.2) is 24.9 Å². The van der Waals surface area contributed by atoms with Crippen LogP contribution in [0.3, 0.4) is 0 Å². The van der Waals surface area contributed by atoms with Gasteiger partial charge in [-0.3, -0.25) is 0 Å². The lowest BCUT2D eigenvalue weighted by Crippen LogP contribution is -2.00. The highest BCUT2D eigenvalue weighted by molar-refractivity contribution is 5.78. The highest BCUT2D eigenvalue weighted by Gasteiger charge is 2.15. The number of aromatic nitrogens is 5. The summed E-state index contributed by atoms with van der Waals surface area (Å²) in [6, 6.07) is 67.2. The lowest BCUT2D eigenvalue weighted by Gasteiger charge is -2.11. The first-order chi connectivity index (χ1) is 27.7. The molecule has 0 bridgehead atoms. The third-order valence-corrected chi connectivity index (χ3v) is 9.60. The van der Waals surface area contributed by atoms with Gasteiger partial charge in [0.15, 0.2) is 23.3 Å². The van der Waals surface area contributed by atoms with Crippen LogP contribution in [0.5, 0.6) is 0 Å². The second kappa shape index (κ2) is 15.2. The molecule has 0 atom stereocenters. The van der Waals surface area contributed by atoms with Crippen LogP contribution in [0.2, 0.25) is 0 Å². The van der Waals surface area contributed by atoms with E-state index in [2.05, 4.69) is 109 Å². The van der Waals surface area contributed by atoms with Gasteiger partial charge in [0.2, 0.25) is 0 Å². The van der Waals surface area contributed by atoms with Crippen molar-refractivity contribution in [3.05, 3.63) is 200 Å². The summed E-state index contributed by atoms with van der Waals surface area (Å²) >= 11 is 0. The molecular formula is C50H32N6. The minimum atomic E-state index is 0.539. The van der Waals surface area contributed by atoms with Gasteiger partial charge in [-0.1, -0.05) is 152 Å². The molecule has 0 saturated heterocycles. The average Bonchev–Trinajstić information content (AvgIpc) is 3.30. The summed E-state index contributed by atoms with van der Waals surface area (Å²) in [5.41, 5.74) is 12.2. The summed E-state index contributed by atoms with van der Waals surface area (Å²) in [6.45, 7) is 0. The van der Waals surface area contributed by atoms with Crippen molar-refractivity contribution in [3.63, 3.8) is 0 Å². The molecule has 0 fully saturated rings. The minimum absolute atomic E-state index is 0.539. The topological polar surface area (TPSA) is 88.2 Å². The second-order valence-electron chi connectivity index (χ2n) is 13.3. The highest BCUT2D eigenvalue weighted by Crippen LogP contribution is 2.32. The third kappa shape index (κ3) is 7.21. The first kappa shape index (κ1) is 33.9. The van der Waals surface area contributed by atoms with Crippen LogP contribution in [0.1, 0.15) is 5.56 Å². The van der Waals surface area contributed by atoms with Crippen LogP contribution in [0, 0.1) is 11.3 Å². The molecule has 0 radical (unpaired) electrons. The van der Waals surface area contributed by atoms with Crippen LogP contribution >= 0.6 is 0 Å². The van der Waals surface area contributed by atoms with E-state index >= 15 is 0 Å². The van der Waals surface area contributed by atoms with Crippen LogP contribution < -0.4 is 0 Å². The molecule has 9 rings (SSSR count). The molecule has 0 spiro atoms. The molecule has 56 heavy (non-hydrogen) atoms. The number of nitrogens with zero attached hydrogens (tertiary/aromatic N) is 6. The van der Waals surface area contributed by atoms with E-state index < -0.39 is 0 Å². The Morgan fingerprint density at radius 2 is 0.625 bits per heavy atom. The Morgan fingerprint density at radius 3 is 1.20 bits per heavy atom. The van der Waals surface area contributed by atoms with Crippen molar-refractivity contribution in [2.75, 3.05) is 0 Å². The molecule has 6 heteroatoms. The quantitative estimate of drug-likeness (QED) is 0.156. The zero-order chi connectivity index (χ0) is 37.7. The molecule has 0 N–H and O–H groups in total. The molecule has 0 unspecified atom stereocenters. The van der Waals surface area contributed by atoms with Crippen molar-refractivity contribution in [1.29, 1.82) is 5.26 Å². The standard InChI is InChI=1S/C50H32N6/c51-33-34-22-24-39(25-23-34)49-54-48(38-16-8-3-9-17-38)55-50(56-49)44-21-11-19-42(31-44)36-26-28-40(29-27-36)47-52-45(37-14-6-2-7-15-37)32-46(53-47)43-20-10-18-41(30-43)35-12-4-1-5-13-35/h1-32H. The number of hydrogen-bond donors (Lipinski definition) is 0. The molecule has 7 aromatic carbocycles. The van der Waals surface area contributed by atoms with Crippen LogP contribution in [-0.2, 0) is 0 Å². The van der Waals surface area contributed by atoms with Crippen molar-refractivity contribution in [2.45, 2.75) is 0 Å². The fraction of sp³-hybridized carbons (Fsp3) is 0. The summed E-state index contributed by atoms with van der Waals surface area (Å²) in [6.07, 6.45) is 0. The number of hydrogen-bond acceptors (Lipinski definition) is 6. The number of benzene rings is 7. The maximum atomic E-state index is 9.33. The van der Waals surface area contributed by atoms with E-state index in [-0.39, 0.29) is 0 Å². The van der Waals surface area contributed by atoms with Crippen molar-refractivity contribution in [3.8, 4) is 96.4 Å². The Kier molecular flexibility index (Phi) is 9.23. The van der Waals surface area contributed by atoms with Gasteiger partial charge in [-0.25, -0.2) is 24.9 Å². The largest absolute Gasteiger partial charge is 0.228 e. The van der Waals surface area contributed by atoms with Crippen molar-refractivity contribution in [2.24, 2.45) is 0 Å². The zero-order valence-electron chi connectivity index (χ0n) is 30.2. The summed E-state index contributed by atoms with van der Waals surface area (Å²) in [7, 11) is 0. The smallest absolute Gasteiger partial charge is 0.164 e. The van der Waals surface area contributed by atoms with Crippen LogP contribution in [0.25, 0.3) is 90.3 Å². The van der Waals surface area contributed by atoms with Gasteiger partial charge in [-0.2, -0.15) is 5.26 Å². The predicted octanol–water partition coefficient (Wildman–Crippen LogP) is 11.9. The van der Waals surface area contributed by atoms with Crippen molar-refractivity contribution in [1.82, 2.24) is 24.9 Å². The van der Waals surface area contributed by atoms with E-state index in [1.807, 2.05) is 78.9 Å². The average molecular weight is 717 g/mol. The Morgan fingerprint density at radius 1 is 0.268 bits per heavy atom. The SMILES string of the molecule is N#Cc1ccc(-c2nc(-c3ccccc3)nc(-c3cccc(-c4ccc(-c5nc(-c6ccccc6)cc(-c6cccc(-c7ccccc7)c6)n5)cc4)c3)n2)cc1. The molecule has 0 aliphatic rings. The van der Waals surface area contributed by atoms with Gasteiger partial charge in [-0.05, 0) is 64.7 Å². The number of rotatable bonds is 8. The normalized spacial score (nSPS) is 10.8. The number of nitriles is 1. The first-order valence-corrected chi connectivity index (χ1v) is 18.3. The third-order valence-electron chi connectivity index (χ3n) is 9.60. The molecular weight excluding hydrogens is 685 g/mol. The molecule has 6 nitrogen and oxygen atoms in total. The van der Waals surface area contributed by atoms with Crippen molar-refractivity contribution < 1.29 is 0 Å². The van der Waals surface area contributed by atoms with Gasteiger partial charge in [0, 0.05) is 33.4 Å². The van der Waals surface area contributed by atoms with Gasteiger partial charge >= 0.3 is 0 Å². The molecule has 2 heterocycles. The van der Waals surface area contributed by atoms with E-state index in [0.29, 0.717) is 28.9 Å². The molecule has 0 aliphatic heterocycles. The van der Waals surface area contributed by atoms with E-state index in [0.717, 1.165) is 67.0 Å². The molecule has 9 aromatic rings. The maximum Gasteiger partial charge on any atom is 0.164 e. The lowest BCUT2D eigenvalue weighted by atomic mass is 10.00. The molecule has 0 amide bonds. The van der Waals surface area contributed by atoms with E-state index in [1.54, 1.807) is 12.1 Å². The zero-order valence-corrected chi connectivity index (χ0v) is 30.2. The highest BCUT2D eigenvalue weighted by atomic mass is 15.0. The van der Waals surface area contributed by atoms with Crippen LogP contribution in [0.15, 0.2) is 194 Å². The Hall–Kier alpha value is -7.88. The first-order valence-electron chi connectivity index (χ1n) is 18.3. The second-order valence-corrected chi connectivity index (χ2v) is 13.3. The van der Waals surface area contributed by atoms with Gasteiger partial charge in [-0.15, -0.1) is 0 Å². The Balaban J connectivity index is 1.07. The fourth-order valence-electron chi connectivity index (χ4n) is 6.66. The van der Waals surface area contributed by atoms with Crippen LogP contribution in [0.4, 0.5) is 0 Å². The summed E-state index contributed by atoms with van der Waals surface area (Å²) in [5, 5.41) is 9.33. The molecule has 0 saturated carbocycles. The molecule has 262 valence electrons. The monoisotopic (exact) mass is 716 g/mol. The maximum absolute atomic E-state index is 9.33. The van der Waals surface area contributed by atoms with Gasteiger partial charge in [0.1, 0.15) is 0 Å². The summed E-state index contributed by atoms with van der Waals surface area (Å²) in [4.78, 5) is 24.8. The fourth-order valence-corrected chi connectivity index (χ4v) is 6.66. The van der Waals surface area contributed by atoms with Crippen molar-refractivity contribution >= 4 is 0 Å². The van der Waals surface area contributed by atoms with Gasteiger partial charge in [0.05, 0.1) is 23.0 Å². The predicted molar refractivity (Wildman–Crippen MR) is 224 cm³/mol.